The zero-order valence-corrected chi connectivity index (χ0v) is 20.4. The molecule has 0 bridgehead atoms. The minimum atomic E-state index is -3.88. The van der Waals surface area contributed by atoms with Gasteiger partial charge in [0, 0.05) is 13.1 Å². The maximum absolute atomic E-state index is 13.5. The number of nitrogens with zero attached hydrogens (tertiary/aromatic N) is 1. The molecule has 3 fully saturated rings. The van der Waals surface area contributed by atoms with Gasteiger partial charge in [-0.2, -0.15) is 4.72 Å². The molecule has 1 aliphatic heterocycles. The zero-order chi connectivity index (χ0) is 23.0. The van der Waals surface area contributed by atoms with Crippen LogP contribution in [0.1, 0.15) is 69.8 Å². The SMILES string of the molecule is Cc1cccc(S(=O)(=O)NC2(C(=O)N3CC(S(=O)(=O)C4CCCCC4)C3)CCCCC2)c1. The summed E-state index contributed by atoms with van der Waals surface area (Å²) in [5, 5.41) is -0.814. The lowest BCUT2D eigenvalue weighted by molar-refractivity contribution is -0.142. The molecule has 0 aromatic heterocycles. The summed E-state index contributed by atoms with van der Waals surface area (Å²) in [6.45, 7) is 2.17. The molecule has 7 nitrogen and oxygen atoms in total. The van der Waals surface area contributed by atoms with Crippen molar-refractivity contribution in [1.82, 2.24) is 9.62 Å². The fraction of sp³-hybridized carbons (Fsp3) is 0.696. The van der Waals surface area contributed by atoms with Crippen molar-refractivity contribution in [2.24, 2.45) is 0 Å². The van der Waals surface area contributed by atoms with Crippen LogP contribution >= 0.6 is 0 Å². The van der Waals surface area contributed by atoms with Gasteiger partial charge in [-0.3, -0.25) is 4.79 Å². The molecule has 32 heavy (non-hydrogen) atoms. The maximum atomic E-state index is 13.5. The fourth-order valence-corrected chi connectivity index (χ4v) is 9.23. The van der Waals surface area contributed by atoms with Crippen LogP contribution in [0.15, 0.2) is 29.2 Å². The quantitative estimate of drug-likeness (QED) is 0.672. The molecular formula is C23H34N2O5S2. The smallest absolute Gasteiger partial charge is 0.243 e. The van der Waals surface area contributed by atoms with E-state index in [1.165, 1.54) is 6.07 Å². The molecular weight excluding hydrogens is 448 g/mol. The number of amides is 1. The third kappa shape index (κ3) is 4.61. The predicted molar refractivity (Wildman–Crippen MR) is 123 cm³/mol. The zero-order valence-electron chi connectivity index (χ0n) is 18.8. The Morgan fingerprint density at radius 1 is 0.938 bits per heavy atom. The van der Waals surface area contributed by atoms with E-state index in [-0.39, 0.29) is 29.1 Å². The van der Waals surface area contributed by atoms with E-state index < -0.39 is 30.6 Å². The van der Waals surface area contributed by atoms with Crippen molar-refractivity contribution in [1.29, 1.82) is 0 Å². The average Bonchev–Trinajstić information content (AvgIpc) is 2.73. The number of hydrogen-bond donors (Lipinski definition) is 1. The molecule has 1 aromatic rings. The second kappa shape index (κ2) is 9.06. The summed E-state index contributed by atoms with van der Waals surface area (Å²) in [7, 11) is -7.14. The Labute approximate surface area is 191 Å². The van der Waals surface area contributed by atoms with Crippen LogP contribution < -0.4 is 4.72 Å². The lowest BCUT2D eigenvalue weighted by Gasteiger charge is -2.46. The van der Waals surface area contributed by atoms with Gasteiger partial charge in [0.05, 0.1) is 15.4 Å². The molecule has 1 amide bonds. The molecule has 1 N–H and O–H groups in total. The van der Waals surface area contributed by atoms with Crippen LogP contribution in [-0.2, 0) is 24.7 Å². The summed E-state index contributed by atoms with van der Waals surface area (Å²) in [6.07, 6.45) is 7.78. The first-order valence-electron chi connectivity index (χ1n) is 11.8. The van der Waals surface area contributed by atoms with Gasteiger partial charge in [-0.1, -0.05) is 50.7 Å². The van der Waals surface area contributed by atoms with Gasteiger partial charge in [0.25, 0.3) is 0 Å². The maximum Gasteiger partial charge on any atom is 0.243 e. The van der Waals surface area contributed by atoms with Crippen LogP contribution in [0.5, 0.6) is 0 Å². The Balaban J connectivity index is 1.50. The van der Waals surface area contributed by atoms with E-state index in [0.717, 1.165) is 44.1 Å². The fourth-order valence-electron chi connectivity index (χ4n) is 5.39. The van der Waals surface area contributed by atoms with Gasteiger partial charge in [-0.25, -0.2) is 16.8 Å². The lowest BCUT2D eigenvalue weighted by atomic mass is 9.81. The number of likely N-dealkylation sites (tertiary alicyclic amines) is 1. The topological polar surface area (TPSA) is 101 Å². The molecule has 3 aliphatic rings. The van der Waals surface area contributed by atoms with E-state index in [2.05, 4.69) is 4.72 Å². The second-order valence-corrected chi connectivity index (χ2v) is 13.9. The summed E-state index contributed by atoms with van der Waals surface area (Å²) in [4.78, 5) is 15.2. The van der Waals surface area contributed by atoms with E-state index in [0.29, 0.717) is 25.7 Å². The van der Waals surface area contributed by atoms with E-state index in [4.69, 9.17) is 0 Å². The molecule has 0 atom stereocenters. The molecule has 1 aromatic carbocycles. The number of rotatable bonds is 6. The van der Waals surface area contributed by atoms with Gasteiger partial charge in [-0.15, -0.1) is 0 Å². The van der Waals surface area contributed by atoms with Crippen LogP contribution in [0.3, 0.4) is 0 Å². The third-order valence-corrected chi connectivity index (χ3v) is 11.5. The molecule has 0 spiro atoms. The second-order valence-electron chi connectivity index (χ2n) is 9.75. The number of carbonyl (C=O) groups excluding carboxylic acids is 1. The molecule has 4 rings (SSSR count). The van der Waals surface area contributed by atoms with Gasteiger partial charge >= 0.3 is 0 Å². The Morgan fingerprint density at radius 3 is 2.19 bits per heavy atom. The van der Waals surface area contributed by atoms with Crippen LogP contribution in [0.4, 0.5) is 0 Å². The highest BCUT2D eigenvalue weighted by Crippen LogP contribution is 2.35. The van der Waals surface area contributed by atoms with Crippen molar-refractivity contribution in [3.05, 3.63) is 29.8 Å². The number of carbonyl (C=O) groups is 1. The van der Waals surface area contributed by atoms with Gasteiger partial charge in [-0.05, 0) is 50.3 Å². The molecule has 2 aliphatic carbocycles. The van der Waals surface area contributed by atoms with Gasteiger partial charge in [0.2, 0.25) is 15.9 Å². The minimum Gasteiger partial charge on any atom is -0.338 e. The number of hydrogen-bond acceptors (Lipinski definition) is 5. The van der Waals surface area contributed by atoms with Gasteiger partial charge < -0.3 is 4.90 Å². The minimum absolute atomic E-state index is 0.150. The molecule has 9 heteroatoms. The van der Waals surface area contributed by atoms with Crippen LogP contribution in [0.25, 0.3) is 0 Å². The van der Waals surface area contributed by atoms with E-state index in [9.17, 15) is 21.6 Å². The number of aryl methyl sites for hydroxylation is 1. The monoisotopic (exact) mass is 482 g/mol. The molecule has 1 heterocycles. The Hall–Kier alpha value is -1.45. The van der Waals surface area contributed by atoms with Crippen molar-refractivity contribution in [2.75, 3.05) is 13.1 Å². The van der Waals surface area contributed by atoms with Crippen molar-refractivity contribution in [3.63, 3.8) is 0 Å². The van der Waals surface area contributed by atoms with Gasteiger partial charge in [0.1, 0.15) is 5.54 Å². The molecule has 1 saturated heterocycles. The standard InChI is InChI=1S/C23H34N2O5S2/c1-18-9-8-12-20(15-18)32(29,30)24-23(13-6-3-7-14-23)22(26)25-16-21(17-25)31(27,28)19-10-4-2-5-11-19/h8-9,12,15,19,21,24H,2-7,10-11,13-14,16-17H2,1H3. The van der Waals surface area contributed by atoms with Crippen LogP contribution in [0.2, 0.25) is 0 Å². The number of sulfone groups is 1. The lowest BCUT2D eigenvalue weighted by Crippen LogP contribution is -2.67. The van der Waals surface area contributed by atoms with Crippen LogP contribution in [-0.4, -0.2) is 56.8 Å². The van der Waals surface area contributed by atoms with E-state index in [1.54, 1.807) is 17.0 Å². The third-order valence-electron chi connectivity index (χ3n) is 7.36. The molecule has 0 unspecified atom stereocenters. The average molecular weight is 483 g/mol. The first-order valence-corrected chi connectivity index (χ1v) is 14.9. The normalized spacial score (nSPS) is 23.0. The van der Waals surface area contributed by atoms with Gasteiger partial charge in [0.15, 0.2) is 9.84 Å². The highest BCUT2D eigenvalue weighted by Gasteiger charge is 2.51. The predicted octanol–water partition coefficient (Wildman–Crippen LogP) is 2.93. The highest BCUT2D eigenvalue weighted by molar-refractivity contribution is 7.92. The Morgan fingerprint density at radius 2 is 1.56 bits per heavy atom. The molecule has 0 radical (unpaired) electrons. The number of nitrogens with one attached hydrogen (secondary N) is 1. The number of sulfonamides is 1. The highest BCUT2D eigenvalue weighted by atomic mass is 32.2. The van der Waals surface area contributed by atoms with E-state index in [1.807, 2.05) is 13.0 Å². The number of benzene rings is 1. The Kier molecular flexibility index (Phi) is 6.71. The molecule has 178 valence electrons. The van der Waals surface area contributed by atoms with E-state index >= 15 is 0 Å². The summed E-state index contributed by atoms with van der Waals surface area (Å²) >= 11 is 0. The largest absolute Gasteiger partial charge is 0.338 e. The first kappa shape index (κ1) is 23.7. The summed E-state index contributed by atoms with van der Waals surface area (Å²) in [5.41, 5.74) is -0.365. The van der Waals surface area contributed by atoms with Crippen molar-refractivity contribution < 1.29 is 21.6 Å². The summed E-state index contributed by atoms with van der Waals surface area (Å²) in [6, 6.07) is 6.65. The van der Waals surface area contributed by atoms with Crippen LogP contribution in [0, 0.1) is 6.92 Å². The summed E-state index contributed by atoms with van der Waals surface area (Å²) in [5.74, 6) is -0.275. The molecule has 2 saturated carbocycles. The Bertz CT molecular complexity index is 1050. The first-order chi connectivity index (χ1) is 15.1. The van der Waals surface area contributed by atoms with Crippen molar-refractivity contribution in [3.8, 4) is 0 Å². The van der Waals surface area contributed by atoms with Crippen molar-refractivity contribution in [2.45, 2.75) is 92.1 Å². The summed E-state index contributed by atoms with van der Waals surface area (Å²) < 4.78 is 55.0. The van der Waals surface area contributed by atoms with Crippen molar-refractivity contribution >= 4 is 25.8 Å².